The predicted molar refractivity (Wildman–Crippen MR) is 85.8 cm³/mol. The molecule has 0 aromatic heterocycles. The van der Waals surface area contributed by atoms with E-state index in [0.29, 0.717) is 29.5 Å². The third kappa shape index (κ3) is 3.97. The summed E-state index contributed by atoms with van der Waals surface area (Å²) in [5.74, 6) is 1.74. The molecule has 0 spiro atoms. The van der Waals surface area contributed by atoms with Gasteiger partial charge in [0, 0.05) is 32.2 Å². The lowest BCUT2D eigenvalue weighted by Crippen LogP contribution is -2.48. The van der Waals surface area contributed by atoms with E-state index >= 15 is 0 Å². The average molecular weight is 302 g/mol. The lowest BCUT2D eigenvalue weighted by atomic mass is 9.92. The van der Waals surface area contributed by atoms with Gasteiger partial charge in [0.05, 0.1) is 11.6 Å². The highest BCUT2D eigenvalue weighted by atomic mass is 19.1. The Labute approximate surface area is 131 Å². The second-order valence-corrected chi connectivity index (χ2v) is 6.17. The summed E-state index contributed by atoms with van der Waals surface area (Å²) in [7, 11) is 1.74. The average Bonchev–Trinajstić information content (AvgIpc) is 2.48. The van der Waals surface area contributed by atoms with Crippen LogP contribution in [0.3, 0.4) is 0 Å². The number of aliphatic imine (C=N–C) groups is 1. The van der Waals surface area contributed by atoms with Gasteiger partial charge in [0.2, 0.25) is 0 Å². The number of piperidine rings is 1. The number of likely N-dealkylation sites (tertiary alicyclic amines) is 1. The molecule has 118 valence electrons. The topological polar surface area (TPSA) is 51.4 Å². The fourth-order valence-electron chi connectivity index (χ4n) is 3.12. The number of rotatable bonds is 2. The van der Waals surface area contributed by atoms with Crippen LogP contribution in [-0.4, -0.2) is 31.0 Å². The summed E-state index contributed by atoms with van der Waals surface area (Å²) in [5.41, 5.74) is 0.951. The molecule has 1 fully saturated rings. The van der Waals surface area contributed by atoms with Crippen LogP contribution in [0.5, 0.6) is 0 Å². The van der Waals surface area contributed by atoms with Crippen LogP contribution in [0.4, 0.5) is 4.39 Å². The van der Waals surface area contributed by atoms with E-state index in [4.69, 9.17) is 5.26 Å². The van der Waals surface area contributed by atoms with Crippen molar-refractivity contribution in [1.82, 2.24) is 10.2 Å². The summed E-state index contributed by atoms with van der Waals surface area (Å²) >= 11 is 0. The van der Waals surface area contributed by atoms with Crippen molar-refractivity contribution in [2.24, 2.45) is 16.8 Å². The Morgan fingerprint density at radius 2 is 2.09 bits per heavy atom. The first-order valence-corrected chi connectivity index (χ1v) is 7.67. The second kappa shape index (κ2) is 7.26. The molecule has 2 unspecified atom stereocenters. The number of nitrogens with zero attached hydrogens (tertiary/aromatic N) is 3. The molecule has 1 aromatic carbocycles. The van der Waals surface area contributed by atoms with Crippen LogP contribution in [0, 0.1) is 29.0 Å². The molecule has 4 nitrogen and oxygen atoms in total. The van der Waals surface area contributed by atoms with E-state index in [1.165, 1.54) is 18.6 Å². The third-order valence-corrected chi connectivity index (χ3v) is 3.99. The SMILES string of the molecule is CN=C(NCc1cc(C#N)ccc1F)N1CC(C)CC(C)C1. The first-order valence-electron chi connectivity index (χ1n) is 7.67. The molecule has 1 N–H and O–H groups in total. The molecule has 1 heterocycles. The summed E-state index contributed by atoms with van der Waals surface area (Å²) in [6.45, 7) is 6.74. The smallest absolute Gasteiger partial charge is 0.193 e. The number of benzene rings is 1. The fraction of sp³-hybridized carbons (Fsp3) is 0.529. The minimum Gasteiger partial charge on any atom is -0.352 e. The van der Waals surface area contributed by atoms with E-state index in [2.05, 4.69) is 29.1 Å². The van der Waals surface area contributed by atoms with E-state index in [1.807, 2.05) is 6.07 Å². The maximum Gasteiger partial charge on any atom is 0.193 e. The zero-order chi connectivity index (χ0) is 16.1. The molecular formula is C17H23FN4. The zero-order valence-electron chi connectivity index (χ0n) is 13.4. The molecule has 0 aliphatic carbocycles. The third-order valence-electron chi connectivity index (χ3n) is 3.99. The standard InChI is InChI=1S/C17H23FN4/c1-12-6-13(2)11-22(10-12)17(20-3)21-9-15-7-14(8-19)4-5-16(15)18/h4-5,7,12-13H,6,9-11H2,1-3H3,(H,20,21). The summed E-state index contributed by atoms with van der Waals surface area (Å²) in [6, 6.07) is 6.44. The molecule has 5 heteroatoms. The predicted octanol–water partition coefficient (Wildman–Crippen LogP) is 2.75. The monoisotopic (exact) mass is 302 g/mol. The second-order valence-electron chi connectivity index (χ2n) is 6.17. The van der Waals surface area contributed by atoms with Crippen molar-refractivity contribution in [1.29, 1.82) is 5.26 Å². The van der Waals surface area contributed by atoms with Gasteiger partial charge in [-0.3, -0.25) is 4.99 Å². The van der Waals surface area contributed by atoms with Crippen LogP contribution in [-0.2, 0) is 6.54 Å². The van der Waals surface area contributed by atoms with Gasteiger partial charge in [0.15, 0.2) is 5.96 Å². The number of nitrogens with one attached hydrogen (secondary N) is 1. The Morgan fingerprint density at radius 3 is 2.68 bits per heavy atom. The lowest BCUT2D eigenvalue weighted by molar-refractivity contribution is 0.208. The largest absolute Gasteiger partial charge is 0.352 e. The van der Waals surface area contributed by atoms with Crippen LogP contribution in [0.15, 0.2) is 23.2 Å². The van der Waals surface area contributed by atoms with Crippen LogP contribution in [0.2, 0.25) is 0 Å². The number of hydrogen-bond donors (Lipinski definition) is 1. The molecule has 1 saturated heterocycles. The van der Waals surface area contributed by atoms with Crippen molar-refractivity contribution in [3.8, 4) is 6.07 Å². The maximum absolute atomic E-state index is 13.8. The van der Waals surface area contributed by atoms with Crippen LogP contribution < -0.4 is 5.32 Å². The van der Waals surface area contributed by atoms with Crippen LogP contribution >= 0.6 is 0 Å². The van der Waals surface area contributed by atoms with Gasteiger partial charge in [-0.25, -0.2) is 4.39 Å². The first kappa shape index (κ1) is 16.3. The van der Waals surface area contributed by atoms with Crippen molar-refractivity contribution in [2.75, 3.05) is 20.1 Å². The van der Waals surface area contributed by atoms with Crippen molar-refractivity contribution in [3.63, 3.8) is 0 Å². The molecule has 1 aliphatic heterocycles. The van der Waals surface area contributed by atoms with Crippen molar-refractivity contribution >= 4 is 5.96 Å². The quantitative estimate of drug-likeness (QED) is 0.675. The molecular weight excluding hydrogens is 279 g/mol. The van der Waals surface area contributed by atoms with Gasteiger partial charge in [0.1, 0.15) is 5.82 Å². The number of nitriles is 1. The Morgan fingerprint density at radius 1 is 1.41 bits per heavy atom. The Hall–Kier alpha value is -2.09. The molecule has 1 aliphatic rings. The normalized spacial score (nSPS) is 22.3. The van der Waals surface area contributed by atoms with Crippen LogP contribution in [0.1, 0.15) is 31.4 Å². The minimum atomic E-state index is -0.303. The summed E-state index contributed by atoms with van der Waals surface area (Å²) in [5, 5.41) is 12.1. The van der Waals surface area contributed by atoms with Gasteiger partial charge in [0.25, 0.3) is 0 Å². The van der Waals surface area contributed by atoms with E-state index in [0.717, 1.165) is 19.0 Å². The first-order chi connectivity index (χ1) is 10.5. The molecule has 1 aromatic rings. The van der Waals surface area contributed by atoms with E-state index in [9.17, 15) is 4.39 Å². The molecule has 22 heavy (non-hydrogen) atoms. The molecule has 0 saturated carbocycles. The number of hydrogen-bond acceptors (Lipinski definition) is 2. The molecule has 0 amide bonds. The maximum atomic E-state index is 13.8. The van der Waals surface area contributed by atoms with E-state index in [-0.39, 0.29) is 5.82 Å². The van der Waals surface area contributed by atoms with Gasteiger partial charge in [-0.15, -0.1) is 0 Å². The van der Waals surface area contributed by atoms with Gasteiger partial charge >= 0.3 is 0 Å². The molecule has 2 atom stereocenters. The zero-order valence-corrected chi connectivity index (χ0v) is 13.4. The lowest BCUT2D eigenvalue weighted by Gasteiger charge is -2.37. The highest BCUT2D eigenvalue weighted by Crippen LogP contribution is 2.21. The van der Waals surface area contributed by atoms with Gasteiger partial charge < -0.3 is 10.2 Å². The molecule has 0 radical (unpaired) electrons. The highest BCUT2D eigenvalue weighted by Gasteiger charge is 2.24. The van der Waals surface area contributed by atoms with Gasteiger partial charge in [-0.05, 0) is 36.5 Å². The Balaban J connectivity index is 2.04. The summed E-state index contributed by atoms with van der Waals surface area (Å²) in [4.78, 5) is 6.54. The highest BCUT2D eigenvalue weighted by molar-refractivity contribution is 5.80. The van der Waals surface area contributed by atoms with Crippen molar-refractivity contribution in [3.05, 3.63) is 35.1 Å². The van der Waals surface area contributed by atoms with Gasteiger partial charge in [-0.1, -0.05) is 13.8 Å². The summed E-state index contributed by atoms with van der Waals surface area (Å²) < 4.78 is 13.8. The van der Waals surface area contributed by atoms with Gasteiger partial charge in [-0.2, -0.15) is 5.26 Å². The molecule has 0 bridgehead atoms. The molecule has 2 rings (SSSR count). The van der Waals surface area contributed by atoms with Crippen molar-refractivity contribution < 1.29 is 4.39 Å². The Bertz CT molecular complexity index is 581. The number of halogens is 1. The van der Waals surface area contributed by atoms with E-state index in [1.54, 1.807) is 13.1 Å². The van der Waals surface area contributed by atoms with Crippen molar-refractivity contribution in [2.45, 2.75) is 26.8 Å². The van der Waals surface area contributed by atoms with E-state index < -0.39 is 0 Å². The fourth-order valence-corrected chi connectivity index (χ4v) is 3.12. The minimum absolute atomic E-state index is 0.303. The summed E-state index contributed by atoms with van der Waals surface area (Å²) in [6.07, 6.45) is 1.23. The Kier molecular flexibility index (Phi) is 5.37. The van der Waals surface area contributed by atoms with Crippen LogP contribution in [0.25, 0.3) is 0 Å². The number of guanidine groups is 1.